The first-order chi connectivity index (χ1) is 13.2. The minimum Gasteiger partial charge on any atom is -0.371 e. The highest BCUT2D eigenvalue weighted by Crippen LogP contribution is 2.32. The van der Waals surface area contributed by atoms with E-state index in [0.717, 1.165) is 46.8 Å². The zero-order valence-electron chi connectivity index (χ0n) is 15.6. The zero-order chi connectivity index (χ0) is 18.8. The van der Waals surface area contributed by atoms with E-state index < -0.39 is 0 Å². The van der Waals surface area contributed by atoms with E-state index in [4.69, 9.17) is 10.2 Å². The number of aromatic nitrogens is 2. The number of rotatable bonds is 4. The van der Waals surface area contributed by atoms with E-state index in [1.165, 1.54) is 19.3 Å². The lowest BCUT2D eigenvalue weighted by Crippen LogP contribution is -2.28. The van der Waals surface area contributed by atoms with Crippen LogP contribution < -0.4 is 5.32 Å². The number of pyridine rings is 1. The Bertz CT molecular complexity index is 1030. The number of piperidine rings is 1. The van der Waals surface area contributed by atoms with Crippen molar-refractivity contribution in [2.45, 2.75) is 19.3 Å². The van der Waals surface area contributed by atoms with Crippen LogP contribution in [0.1, 0.15) is 30.4 Å². The molecule has 0 spiro atoms. The van der Waals surface area contributed by atoms with Crippen LogP contribution >= 0.6 is 0 Å². The van der Waals surface area contributed by atoms with E-state index in [1.807, 2.05) is 24.4 Å². The van der Waals surface area contributed by atoms with Gasteiger partial charge in [0.2, 0.25) is 0 Å². The van der Waals surface area contributed by atoms with E-state index in [9.17, 15) is 0 Å². The standard InChI is InChI=1S/C22H23N5/c1-16(27-10-4-3-5-11-27)20-15-24-22(19-9-12-26(2)21(19)20)25-18-8-6-7-17(13-18)14-23/h6-9,12-13,15H,1,3-5,10-11H2,2H3,(H,24,25). The first kappa shape index (κ1) is 17.2. The predicted molar refractivity (Wildman–Crippen MR) is 110 cm³/mol. The minimum atomic E-state index is 0.624. The summed E-state index contributed by atoms with van der Waals surface area (Å²) in [7, 11) is 2.05. The number of benzene rings is 1. The number of nitrogens with one attached hydrogen (secondary N) is 1. The number of fused-ring (bicyclic) bond motifs is 1. The Morgan fingerprint density at radius 1 is 1.22 bits per heavy atom. The van der Waals surface area contributed by atoms with Crippen molar-refractivity contribution in [3.8, 4) is 6.07 Å². The molecule has 5 heteroatoms. The molecule has 0 atom stereocenters. The van der Waals surface area contributed by atoms with Crippen molar-refractivity contribution in [3.05, 3.63) is 60.4 Å². The number of nitriles is 1. The predicted octanol–water partition coefficient (Wildman–Crippen LogP) is 4.65. The first-order valence-electron chi connectivity index (χ1n) is 9.33. The van der Waals surface area contributed by atoms with E-state index in [0.29, 0.717) is 5.56 Å². The summed E-state index contributed by atoms with van der Waals surface area (Å²) >= 11 is 0. The van der Waals surface area contributed by atoms with Crippen LogP contribution in [-0.4, -0.2) is 27.5 Å². The molecule has 1 aromatic carbocycles. The second-order valence-corrected chi connectivity index (χ2v) is 7.02. The number of aryl methyl sites for hydroxylation is 1. The lowest BCUT2D eigenvalue weighted by Gasteiger charge is -2.31. The molecule has 0 unspecified atom stereocenters. The maximum absolute atomic E-state index is 9.11. The number of likely N-dealkylation sites (tertiary alicyclic amines) is 1. The molecular weight excluding hydrogens is 334 g/mol. The van der Waals surface area contributed by atoms with Gasteiger partial charge in [-0.1, -0.05) is 12.6 Å². The molecule has 4 rings (SSSR count). The molecule has 1 aliphatic heterocycles. The van der Waals surface area contributed by atoms with Gasteiger partial charge >= 0.3 is 0 Å². The van der Waals surface area contributed by atoms with Crippen LogP contribution in [0.25, 0.3) is 16.6 Å². The van der Waals surface area contributed by atoms with Crippen LogP contribution in [0.15, 0.2) is 49.3 Å². The molecule has 1 N–H and O–H groups in total. The van der Waals surface area contributed by atoms with E-state index in [-0.39, 0.29) is 0 Å². The maximum Gasteiger partial charge on any atom is 0.139 e. The molecule has 0 aliphatic carbocycles. The Labute approximate surface area is 159 Å². The molecule has 5 nitrogen and oxygen atoms in total. The van der Waals surface area contributed by atoms with Gasteiger partial charge in [-0.2, -0.15) is 5.26 Å². The van der Waals surface area contributed by atoms with Crippen LogP contribution in [0, 0.1) is 11.3 Å². The maximum atomic E-state index is 9.11. The van der Waals surface area contributed by atoms with Gasteiger partial charge in [-0.25, -0.2) is 4.98 Å². The Morgan fingerprint density at radius 3 is 2.81 bits per heavy atom. The Morgan fingerprint density at radius 2 is 2.04 bits per heavy atom. The van der Waals surface area contributed by atoms with Crippen LogP contribution in [0.3, 0.4) is 0 Å². The van der Waals surface area contributed by atoms with Crippen LogP contribution in [0.2, 0.25) is 0 Å². The minimum absolute atomic E-state index is 0.624. The summed E-state index contributed by atoms with van der Waals surface area (Å²) in [5, 5.41) is 13.5. The molecule has 3 heterocycles. The van der Waals surface area contributed by atoms with Gasteiger partial charge in [0.1, 0.15) is 5.82 Å². The molecule has 0 amide bonds. The van der Waals surface area contributed by atoms with Crippen molar-refractivity contribution in [1.82, 2.24) is 14.5 Å². The van der Waals surface area contributed by atoms with Crippen LogP contribution in [0.5, 0.6) is 0 Å². The summed E-state index contributed by atoms with van der Waals surface area (Å²) in [6.07, 6.45) is 7.70. The van der Waals surface area contributed by atoms with E-state index in [1.54, 1.807) is 6.07 Å². The Balaban J connectivity index is 1.72. The number of hydrogen-bond acceptors (Lipinski definition) is 4. The Hall–Kier alpha value is -3.26. The van der Waals surface area contributed by atoms with Crippen LogP contribution in [-0.2, 0) is 7.05 Å². The lowest BCUT2D eigenvalue weighted by atomic mass is 10.1. The van der Waals surface area contributed by atoms with Gasteiger partial charge in [0.25, 0.3) is 0 Å². The fourth-order valence-corrected chi connectivity index (χ4v) is 3.76. The van der Waals surface area contributed by atoms with Gasteiger partial charge in [0.05, 0.1) is 17.1 Å². The largest absolute Gasteiger partial charge is 0.371 e. The molecule has 27 heavy (non-hydrogen) atoms. The number of nitrogens with zero attached hydrogens (tertiary/aromatic N) is 4. The fourth-order valence-electron chi connectivity index (χ4n) is 3.76. The van der Waals surface area contributed by atoms with Crippen molar-refractivity contribution in [2.75, 3.05) is 18.4 Å². The lowest BCUT2D eigenvalue weighted by molar-refractivity contribution is 0.326. The van der Waals surface area contributed by atoms with E-state index >= 15 is 0 Å². The monoisotopic (exact) mass is 357 g/mol. The molecule has 2 aromatic heterocycles. The average Bonchev–Trinajstić information content (AvgIpc) is 3.11. The van der Waals surface area contributed by atoms with Gasteiger partial charge in [0, 0.05) is 54.9 Å². The summed E-state index contributed by atoms with van der Waals surface area (Å²) in [6.45, 7) is 6.49. The smallest absolute Gasteiger partial charge is 0.139 e. The van der Waals surface area contributed by atoms with Crippen molar-refractivity contribution in [1.29, 1.82) is 5.26 Å². The van der Waals surface area contributed by atoms with Crippen molar-refractivity contribution >= 4 is 28.1 Å². The highest BCUT2D eigenvalue weighted by Gasteiger charge is 2.18. The summed E-state index contributed by atoms with van der Waals surface area (Å²) in [6, 6.07) is 11.7. The quantitative estimate of drug-likeness (QED) is 0.739. The zero-order valence-corrected chi connectivity index (χ0v) is 15.6. The van der Waals surface area contributed by atoms with Gasteiger partial charge in [-0.05, 0) is 43.5 Å². The van der Waals surface area contributed by atoms with Gasteiger partial charge in [0.15, 0.2) is 0 Å². The second kappa shape index (κ2) is 7.16. The van der Waals surface area contributed by atoms with Crippen LogP contribution in [0.4, 0.5) is 11.5 Å². The highest BCUT2D eigenvalue weighted by atomic mass is 15.1. The van der Waals surface area contributed by atoms with Gasteiger partial charge < -0.3 is 14.8 Å². The third-order valence-corrected chi connectivity index (χ3v) is 5.21. The van der Waals surface area contributed by atoms with Crippen molar-refractivity contribution < 1.29 is 0 Å². The summed E-state index contributed by atoms with van der Waals surface area (Å²) < 4.78 is 2.12. The normalized spacial score (nSPS) is 14.1. The highest BCUT2D eigenvalue weighted by molar-refractivity contribution is 5.98. The average molecular weight is 357 g/mol. The van der Waals surface area contributed by atoms with Crippen molar-refractivity contribution in [2.24, 2.45) is 7.05 Å². The SMILES string of the molecule is C=C(c1cnc(Nc2cccc(C#N)c2)c2ccn(C)c12)N1CCCCC1. The molecule has 1 aliphatic rings. The summed E-state index contributed by atoms with van der Waals surface area (Å²) in [5.41, 5.74) is 4.73. The topological polar surface area (TPSA) is 56.9 Å². The van der Waals surface area contributed by atoms with Gasteiger partial charge in [-0.3, -0.25) is 0 Å². The van der Waals surface area contributed by atoms with Crippen molar-refractivity contribution in [3.63, 3.8) is 0 Å². The summed E-state index contributed by atoms with van der Waals surface area (Å²) in [5.74, 6) is 0.788. The third-order valence-electron chi connectivity index (χ3n) is 5.21. The molecule has 0 saturated carbocycles. The summed E-state index contributed by atoms with van der Waals surface area (Å²) in [4.78, 5) is 7.06. The molecule has 136 valence electrons. The molecule has 1 fully saturated rings. The Kier molecular flexibility index (Phi) is 4.55. The first-order valence-corrected chi connectivity index (χ1v) is 9.33. The molecule has 0 bridgehead atoms. The second-order valence-electron chi connectivity index (χ2n) is 7.02. The molecule has 1 saturated heterocycles. The molecule has 3 aromatic rings. The molecular formula is C22H23N5. The van der Waals surface area contributed by atoms with Gasteiger partial charge in [-0.15, -0.1) is 0 Å². The number of anilines is 2. The van der Waals surface area contributed by atoms with E-state index in [2.05, 4.69) is 46.7 Å². The molecule has 0 radical (unpaired) electrons. The third kappa shape index (κ3) is 3.26. The number of hydrogen-bond donors (Lipinski definition) is 1. The fraction of sp³-hybridized carbons (Fsp3) is 0.273.